The first-order chi connectivity index (χ1) is 7.74. The Balaban J connectivity index is 0.000000810. The summed E-state index contributed by atoms with van der Waals surface area (Å²) < 4.78 is 0. The Morgan fingerprint density at radius 1 is 1.33 bits per heavy atom. The fourth-order valence-corrected chi connectivity index (χ4v) is 3.93. The van der Waals surface area contributed by atoms with Crippen LogP contribution in [0.3, 0.4) is 0 Å². The van der Waals surface area contributed by atoms with E-state index in [2.05, 4.69) is 16.8 Å². The molecule has 0 amide bonds. The number of hydrogen-bond donors (Lipinski definition) is 1. The Labute approximate surface area is 124 Å². The standard InChI is InChI=1S/C12H18N2OS.2ClH/c1-8-12(16-7-13-8)6-14-9-2-3-10(14)5-11(15)4-9;;/h7,9-11,15H,2-6H2,1H3;2*1H. The van der Waals surface area contributed by atoms with Gasteiger partial charge in [-0.3, -0.25) is 4.90 Å². The summed E-state index contributed by atoms with van der Waals surface area (Å²) in [5.74, 6) is 0. The lowest BCUT2D eigenvalue weighted by Crippen LogP contribution is -2.43. The summed E-state index contributed by atoms with van der Waals surface area (Å²) in [5.41, 5.74) is 3.11. The second-order valence-corrected chi connectivity index (χ2v) is 5.98. The fraction of sp³-hybridized carbons (Fsp3) is 0.750. The molecule has 2 unspecified atom stereocenters. The van der Waals surface area contributed by atoms with E-state index < -0.39 is 0 Å². The third kappa shape index (κ3) is 2.99. The second kappa shape index (κ2) is 6.53. The highest BCUT2D eigenvalue weighted by Gasteiger charge is 2.40. The zero-order valence-electron chi connectivity index (χ0n) is 10.4. The van der Waals surface area contributed by atoms with Crippen LogP contribution in [-0.4, -0.2) is 33.2 Å². The van der Waals surface area contributed by atoms with Crippen LogP contribution in [0.1, 0.15) is 36.3 Å². The number of thiazole rings is 1. The molecule has 2 aliphatic heterocycles. The number of nitrogens with zero attached hydrogens (tertiary/aromatic N) is 2. The molecular weight excluding hydrogens is 291 g/mol. The van der Waals surface area contributed by atoms with E-state index in [0.29, 0.717) is 12.1 Å². The maximum absolute atomic E-state index is 9.75. The average Bonchev–Trinajstić information content (AvgIpc) is 2.73. The second-order valence-electron chi connectivity index (χ2n) is 5.04. The summed E-state index contributed by atoms with van der Waals surface area (Å²) in [5, 5.41) is 9.75. The molecule has 0 radical (unpaired) electrons. The number of piperidine rings is 1. The van der Waals surface area contributed by atoms with Crippen molar-refractivity contribution in [1.82, 2.24) is 9.88 Å². The van der Waals surface area contributed by atoms with E-state index in [4.69, 9.17) is 0 Å². The van der Waals surface area contributed by atoms with E-state index in [9.17, 15) is 5.11 Å². The van der Waals surface area contributed by atoms with Crippen LogP contribution < -0.4 is 0 Å². The van der Waals surface area contributed by atoms with Crippen molar-refractivity contribution < 1.29 is 5.11 Å². The number of fused-ring (bicyclic) bond motifs is 2. The van der Waals surface area contributed by atoms with Crippen LogP contribution in [0, 0.1) is 6.92 Å². The van der Waals surface area contributed by atoms with Gasteiger partial charge in [0.25, 0.3) is 0 Å². The van der Waals surface area contributed by atoms with Gasteiger partial charge in [0.1, 0.15) is 0 Å². The van der Waals surface area contributed by atoms with Crippen molar-refractivity contribution in [2.75, 3.05) is 0 Å². The molecule has 0 saturated carbocycles. The fourth-order valence-electron chi connectivity index (χ4n) is 3.15. The molecule has 2 saturated heterocycles. The van der Waals surface area contributed by atoms with Gasteiger partial charge in [-0.1, -0.05) is 0 Å². The van der Waals surface area contributed by atoms with E-state index in [0.717, 1.165) is 19.4 Å². The first-order valence-corrected chi connectivity index (χ1v) is 6.95. The van der Waals surface area contributed by atoms with Crippen molar-refractivity contribution in [3.8, 4) is 0 Å². The maximum atomic E-state index is 9.75. The number of aliphatic hydroxyl groups is 1. The van der Waals surface area contributed by atoms with Gasteiger partial charge in [-0.05, 0) is 32.6 Å². The van der Waals surface area contributed by atoms with Crippen LogP contribution in [0.15, 0.2) is 5.51 Å². The van der Waals surface area contributed by atoms with Gasteiger partial charge in [0, 0.05) is 23.5 Å². The largest absolute Gasteiger partial charge is 0.393 e. The van der Waals surface area contributed by atoms with Gasteiger partial charge >= 0.3 is 0 Å². The lowest BCUT2D eigenvalue weighted by molar-refractivity contribution is 0.0314. The number of rotatable bonds is 2. The Morgan fingerprint density at radius 3 is 2.44 bits per heavy atom. The molecule has 104 valence electrons. The third-order valence-corrected chi connectivity index (χ3v) is 4.95. The average molecular weight is 311 g/mol. The summed E-state index contributed by atoms with van der Waals surface area (Å²) in [6, 6.07) is 1.21. The predicted molar refractivity (Wildman–Crippen MR) is 78.9 cm³/mol. The van der Waals surface area contributed by atoms with Gasteiger partial charge in [-0.2, -0.15) is 0 Å². The monoisotopic (exact) mass is 310 g/mol. The summed E-state index contributed by atoms with van der Waals surface area (Å²) in [4.78, 5) is 8.30. The number of aromatic nitrogens is 1. The molecule has 0 aliphatic carbocycles. The zero-order chi connectivity index (χ0) is 11.1. The first kappa shape index (κ1) is 16.2. The summed E-state index contributed by atoms with van der Waals surface area (Å²) in [6.07, 6.45) is 4.40. The lowest BCUT2D eigenvalue weighted by atomic mass is 10.00. The Morgan fingerprint density at radius 2 is 1.94 bits per heavy atom. The Kier molecular flexibility index (Phi) is 5.87. The molecule has 0 aromatic carbocycles. The van der Waals surface area contributed by atoms with Crippen molar-refractivity contribution in [3.05, 3.63) is 16.1 Å². The first-order valence-electron chi connectivity index (χ1n) is 6.07. The van der Waals surface area contributed by atoms with Crippen molar-refractivity contribution in [1.29, 1.82) is 0 Å². The molecule has 1 N–H and O–H groups in total. The number of aliphatic hydroxyl groups excluding tert-OH is 1. The molecule has 2 fully saturated rings. The number of aryl methyl sites for hydroxylation is 1. The van der Waals surface area contributed by atoms with Crippen LogP contribution in [0.2, 0.25) is 0 Å². The lowest BCUT2D eigenvalue weighted by Gasteiger charge is -2.36. The maximum Gasteiger partial charge on any atom is 0.0798 e. The van der Waals surface area contributed by atoms with Crippen molar-refractivity contribution >= 4 is 36.2 Å². The molecule has 6 heteroatoms. The van der Waals surface area contributed by atoms with Crippen LogP contribution >= 0.6 is 36.2 Å². The molecular formula is C12H20Cl2N2OS. The minimum absolute atomic E-state index is 0. The van der Waals surface area contributed by atoms with E-state index in [-0.39, 0.29) is 30.9 Å². The highest BCUT2D eigenvalue weighted by molar-refractivity contribution is 7.09. The van der Waals surface area contributed by atoms with Crippen LogP contribution in [0.5, 0.6) is 0 Å². The van der Waals surface area contributed by atoms with Gasteiger partial charge in [0.05, 0.1) is 17.3 Å². The summed E-state index contributed by atoms with van der Waals surface area (Å²) in [7, 11) is 0. The van der Waals surface area contributed by atoms with Gasteiger partial charge in [-0.15, -0.1) is 36.2 Å². The van der Waals surface area contributed by atoms with Crippen molar-refractivity contribution in [2.45, 2.75) is 57.3 Å². The molecule has 3 nitrogen and oxygen atoms in total. The Hall–Kier alpha value is 0.130. The molecule has 18 heavy (non-hydrogen) atoms. The topological polar surface area (TPSA) is 36.4 Å². The molecule has 2 atom stereocenters. The highest BCUT2D eigenvalue weighted by atomic mass is 35.5. The van der Waals surface area contributed by atoms with E-state index in [1.165, 1.54) is 23.4 Å². The Bertz CT molecular complexity index is 374. The van der Waals surface area contributed by atoms with E-state index in [1.807, 2.05) is 5.51 Å². The molecule has 0 spiro atoms. The molecule has 1 aromatic heterocycles. The van der Waals surface area contributed by atoms with Gasteiger partial charge in [0.15, 0.2) is 0 Å². The van der Waals surface area contributed by atoms with Crippen molar-refractivity contribution in [3.63, 3.8) is 0 Å². The summed E-state index contributed by atoms with van der Waals surface area (Å²) >= 11 is 1.76. The van der Waals surface area contributed by atoms with Crippen LogP contribution in [0.25, 0.3) is 0 Å². The quantitative estimate of drug-likeness (QED) is 0.912. The molecule has 3 rings (SSSR count). The highest BCUT2D eigenvalue weighted by Crippen LogP contribution is 2.37. The van der Waals surface area contributed by atoms with E-state index in [1.54, 1.807) is 11.3 Å². The van der Waals surface area contributed by atoms with Crippen LogP contribution in [-0.2, 0) is 6.54 Å². The summed E-state index contributed by atoms with van der Waals surface area (Å²) in [6.45, 7) is 3.13. The smallest absolute Gasteiger partial charge is 0.0798 e. The van der Waals surface area contributed by atoms with Gasteiger partial charge in [-0.25, -0.2) is 4.98 Å². The SMILES string of the molecule is Cc1ncsc1CN1C2CCC1CC(O)C2.Cl.Cl. The molecule has 2 bridgehead atoms. The van der Waals surface area contributed by atoms with Gasteiger partial charge < -0.3 is 5.11 Å². The predicted octanol–water partition coefficient (Wildman–Crippen LogP) is 2.78. The van der Waals surface area contributed by atoms with Gasteiger partial charge in [0.2, 0.25) is 0 Å². The minimum Gasteiger partial charge on any atom is -0.393 e. The number of halogens is 2. The minimum atomic E-state index is -0.0590. The van der Waals surface area contributed by atoms with Crippen molar-refractivity contribution in [2.24, 2.45) is 0 Å². The normalized spacial score (nSPS) is 30.7. The molecule has 1 aromatic rings. The third-order valence-electron chi connectivity index (χ3n) is 4.03. The van der Waals surface area contributed by atoms with E-state index >= 15 is 0 Å². The zero-order valence-corrected chi connectivity index (χ0v) is 12.9. The molecule has 3 heterocycles. The van der Waals surface area contributed by atoms with Crippen LogP contribution in [0.4, 0.5) is 0 Å². The molecule has 2 aliphatic rings. The number of hydrogen-bond acceptors (Lipinski definition) is 4.